The molecule has 1 aromatic carbocycles. The van der Waals surface area contributed by atoms with E-state index >= 15 is 0 Å². The van der Waals surface area contributed by atoms with Crippen LogP contribution in [0.2, 0.25) is 5.02 Å². The van der Waals surface area contributed by atoms with E-state index in [4.69, 9.17) is 20.0 Å². The molecule has 0 aliphatic carbocycles. The van der Waals surface area contributed by atoms with Crippen LogP contribution in [0.15, 0.2) is 24.4 Å². The summed E-state index contributed by atoms with van der Waals surface area (Å²) in [5, 5.41) is 1.97. The van der Waals surface area contributed by atoms with Gasteiger partial charge >= 0.3 is 11.6 Å². The highest BCUT2D eigenvalue weighted by Crippen LogP contribution is 2.23. The van der Waals surface area contributed by atoms with E-state index in [-0.39, 0.29) is 0 Å². The molecule has 14 heavy (non-hydrogen) atoms. The lowest BCUT2D eigenvalue weighted by Crippen LogP contribution is -1.73. The number of fused-ring (bicyclic) bond motifs is 1. The average molecular weight is 230 g/mol. The van der Waals surface area contributed by atoms with Crippen molar-refractivity contribution >= 4 is 34.1 Å². The van der Waals surface area contributed by atoms with E-state index in [1.54, 1.807) is 0 Å². The van der Waals surface area contributed by atoms with Crippen LogP contribution in [0.25, 0.3) is 10.9 Å². The van der Waals surface area contributed by atoms with E-state index in [1.165, 1.54) is 10.9 Å². The van der Waals surface area contributed by atoms with Gasteiger partial charge in [0.15, 0.2) is 0 Å². The van der Waals surface area contributed by atoms with Crippen LogP contribution >= 0.6 is 11.6 Å². The zero-order valence-corrected chi connectivity index (χ0v) is 8.98. The van der Waals surface area contributed by atoms with Gasteiger partial charge in [0.05, 0.1) is 10.5 Å². The van der Waals surface area contributed by atoms with Crippen molar-refractivity contribution in [1.82, 2.24) is 4.98 Å². The molecule has 1 aromatic heterocycles. The van der Waals surface area contributed by atoms with Crippen LogP contribution in [0.4, 0.5) is 0 Å². The van der Waals surface area contributed by atoms with Gasteiger partial charge in [0.2, 0.25) is 0 Å². The molecule has 1 heterocycles. The fourth-order valence-corrected chi connectivity index (χ4v) is 1.60. The third-order valence-electron chi connectivity index (χ3n) is 1.76. The Bertz CT molecular complexity index is 475. The second kappa shape index (κ2) is 4.93. The number of halogens is 1. The zero-order valence-electron chi connectivity index (χ0n) is 7.41. The summed E-state index contributed by atoms with van der Waals surface area (Å²) >= 11 is 5.22. The molecule has 0 aliphatic heterocycles. The summed E-state index contributed by atoms with van der Waals surface area (Å²) < 4.78 is 16.6. The maximum absolute atomic E-state index is 8.29. The van der Waals surface area contributed by atoms with Gasteiger partial charge in [-0.1, -0.05) is 11.6 Å². The van der Waals surface area contributed by atoms with Crippen molar-refractivity contribution in [3.05, 3.63) is 35.0 Å². The molecule has 0 saturated carbocycles. The van der Waals surface area contributed by atoms with Crippen molar-refractivity contribution in [1.29, 1.82) is 0 Å². The maximum atomic E-state index is 8.29. The number of hydrogen-bond acceptors (Lipinski definition) is 2. The number of H-pyrrole nitrogens is 1. The van der Waals surface area contributed by atoms with E-state index in [1.807, 2.05) is 25.3 Å². The molecule has 2 rings (SSSR count). The molecule has 2 aromatic rings. The monoisotopic (exact) mass is 229 g/mol. The first-order valence-corrected chi connectivity index (χ1v) is 4.88. The molecule has 0 spiro atoms. The molecule has 0 aliphatic rings. The predicted octanol–water partition coefficient (Wildman–Crippen LogP) is 2.46. The SMILES string of the molecule is Cc1cc(Cl)c2[nH]ccc2c1.O=S=O. The number of rotatable bonds is 0. The minimum atomic E-state index is -0.750. The Hall–Kier alpha value is -1.13. The Kier molecular flexibility index (Phi) is 3.85. The molecule has 0 atom stereocenters. The van der Waals surface area contributed by atoms with Crippen LogP contribution in [0.1, 0.15) is 5.56 Å². The molecule has 0 fully saturated rings. The minimum Gasteiger partial charge on any atom is -0.360 e. The van der Waals surface area contributed by atoms with Crippen molar-refractivity contribution in [2.24, 2.45) is 0 Å². The van der Waals surface area contributed by atoms with Crippen LogP contribution in [-0.4, -0.2) is 13.4 Å². The summed E-state index contributed by atoms with van der Waals surface area (Å²) in [5.74, 6) is 0. The molecule has 0 amide bonds. The fourth-order valence-electron chi connectivity index (χ4n) is 1.27. The smallest absolute Gasteiger partial charge is 0.335 e. The van der Waals surface area contributed by atoms with E-state index in [0.29, 0.717) is 0 Å². The summed E-state index contributed by atoms with van der Waals surface area (Å²) in [5.41, 5.74) is 2.22. The Morgan fingerprint density at radius 1 is 1.36 bits per heavy atom. The second-order valence-corrected chi connectivity index (χ2v) is 3.30. The summed E-state index contributed by atoms with van der Waals surface area (Å²) in [6, 6.07) is 6.09. The lowest BCUT2D eigenvalue weighted by atomic mass is 10.2. The van der Waals surface area contributed by atoms with E-state index in [9.17, 15) is 0 Å². The zero-order chi connectivity index (χ0) is 10.6. The Labute approximate surface area is 89.7 Å². The van der Waals surface area contributed by atoms with Gasteiger partial charge in [-0.2, -0.15) is 8.42 Å². The summed E-state index contributed by atoms with van der Waals surface area (Å²) in [6.45, 7) is 2.04. The number of aryl methyl sites for hydroxylation is 1. The number of hydrogen-bond donors (Lipinski definition) is 1. The third kappa shape index (κ3) is 2.43. The molecule has 1 N–H and O–H groups in total. The van der Waals surface area contributed by atoms with Crippen LogP contribution in [0, 0.1) is 6.92 Å². The standard InChI is InChI=1S/C9H8ClN.O2S/c1-6-4-7-2-3-11-9(7)8(10)5-6;1-3-2/h2-5,11H,1H3;. The lowest BCUT2D eigenvalue weighted by Gasteiger charge is -1.95. The van der Waals surface area contributed by atoms with Gasteiger partial charge in [-0.15, -0.1) is 0 Å². The Morgan fingerprint density at radius 3 is 2.64 bits per heavy atom. The van der Waals surface area contributed by atoms with Crippen molar-refractivity contribution in [2.75, 3.05) is 0 Å². The topological polar surface area (TPSA) is 49.9 Å². The molecule has 0 saturated heterocycles. The van der Waals surface area contributed by atoms with Crippen LogP contribution < -0.4 is 0 Å². The quantitative estimate of drug-likeness (QED) is 0.755. The van der Waals surface area contributed by atoms with Gasteiger partial charge in [0.1, 0.15) is 0 Å². The number of aromatic nitrogens is 1. The number of nitrogens with one attached hydrogen (secondary N) is 1. The van der Waals surface area contributed by atoms with Gasteiger partial charge in [0.25, 0.3) is 0 Å². The van der Waals surface area contributed by atoms with E-state index < -0.39 is 11.6 Å². The van der Waals surface area contributed by atoms with Crippen molar-refractivity contribution in [3.63, 3.8) is 0 Å². The second-order valence-electron chi connectivity index (χ2n) is 2.76. The summed E-state index contributed by atoms with van der Waals surface area (Å²) in [7, 11) is 0. The Balaban J connectivity index is 0.000000293. The fraction of sp³-hybridized carbons (Fsp3) is 0.111. The van der Waals surface area contributed by atoms with Gasteiger partial charge in [0, 0.05) is 11.6 Å². The van der Waals surface area contributed by atoms with Gasteiger partial charge in [-0.25, -0.2) is 0 Å². The van der Waals surface area contributed by atoms with Gasteiger partial charge < -0.3 is 4.98 Å². The summed E-state index contributed by atoms with van der Waals surface area (Å²) in [4.78, 5) is 3.08. The molecule has 0 unspecified atom stereocenters. The molecular weight excluding hydrogens is 222 g/mol. The Morgan fingerprint density at radius 2 is 2.00 bits per heavy atom. The summed E-state index contributed by atoms with van der Waals surface area (Å²) in [6.07, 6.45) is 1.90. The maximum Gasteiger partial charge on any atom is 0.335 e. The molecule has 0 radical (unpaired) electrons. The van der Waals surface area contributed by atoms with Crippen molar-refractivity contribution in [2.45, 2.75) is 6.92 Å². The third-order valence-corrected chi connectivity index (χ3v) is 2.05. The van der Waals surface area contributed by atoms with Crippen LogP contribution in [-0.2, 0) is 11.6 Å². The number of aromatic amines is 1. The molecule has 0 bridgehead atoms. The highest BCUT2D eigenvalue weighted by molar-refractivity contribution is 7.51. The van der Waals surface area contributed by atoms with Crippen LogP contribution in [0.3, 0.4) is 0 Å². The lowest BCUT2D eigenvalue weighted by molar-refractivity contribution is 0.630. The van der Waals surface area contributed by atoms with E-state index in [0.717, 1.165) is 10.5 Å². The van der Waals surface area contributed by atoms with Crippen LogP contribution in [0.5, 0.6) is 0 Å². The highest BCUT2D eigenvalue weighted by Gasteiger charge is 1.99. The first kappa shape index (κ1) is 10.9. The van der Waals surface area contributed by atoms with Gasteiger partial charge in [-0.3, -0.25) is 0 Å². The largest absolute Gasteiger partial charge is 0.360 e. The first-order chi connectivity index (χ1) is 6.69. The number of benzene rings is 1. The van der Waals surface area contributed by atoms with Crippen molar-refractivity contribution in [3.8, 4) is 0 Å². The normalized spacial score (nSPS) is 9.29. The molecule has 3 nitrogen and oxygen atoms in total. The highest BCUT2D eigenvalue weighted by atomic mass is 35.5. The minimum absolute atomic E-state index is 0.750. The molecule has 74 valence electrons. The van der Waals surface area contributed by atoms with Gasteiger partial charge in [-0.05, 0) is 30.7 Å². The van der Waals surface area contributed by atoms with Crippen molar-refractivity contribution < 1.29 is 8.42 Å². The average Bonchev–Trinajstić information content (AvgIpc) is 2.53. The van der Waals surface area contributed by atoms with E-state index in [2.05, 4.69) is 11.1 Å². The molecular formula is C9H8ClNO2S. The first-order valence-electron chi connectivity index (χ1n) is 3.84. The molecule has 5 heteroatoms. The predicted molar refractivity (Wildman–Crippen MR) is 57.0 cm³/mol.